The Morgan fingerprint density at radius 2 is 2.08 bits per heavy atom. The van der Waals surface area contributed by atoms with Crippen LogP contribution in [0.2, 0.25) is 0 Å². The monoisotopic (exact) mass is 166 g/mol. The van der Waals surface area contributed by atoms with Gasteiger partial charge in [0.25, 0.3) is 0 Å². The lowest BCUT2D eigenvalue weighted by Gasteiger charge is -2.15. The largest absolute Gasteiger partial charge is 0.357 e. The summed E-state index contributed by atoms with van der Waals surface area (Å²) in [7, 11) is 0. The van der Waals surface area contributed by atoms with Gasteiger partial charge < -0.3 is 4.90 Å². The molecule has 0 amide bonds. The van der Waals surface area contributed by atoms with Crippen LogP contribution in [0.1, 0.15) is 12.8 Å². The predicted octanol–water partition coefficient (Wildman–Crippen LogP) is 1.82. The van der Waals surface area contributed by atoms with Crippen molar-refractivity contribution >= 4 is 5.82 Å². The summed E-state index contributed by atoms with van der Waals surface area (Å²) in [5, 5.41) is 0. The van der Waals surface area contributed by atoms with Gasteiger partial charge in [-0.05, 0) is 18.9 Å². The van der Waals surface area contributed by atoms with E-state index in [1.807, 2.05) is 0 Å². The van der Waals surface area contributed by atoms with E-state index in [4.69, 9.17) is 0 Å². The van der Waals surface area contributed by atoms with Crippen molar-refractivity contribution in [1.82, 2.24) is 4.98 Å². The van der Waals surface area contributed by atoms with Gasteiger partial charge >= 0.3 is 0 Å². The quantitative estimate of drug-likeness (QED) is 0.632. The third-order valence-corrected chi connectivity index (χ3v) is 2.14. The first-order valence-corrected chi connectivity index (χ1v) is 4.23. The van der Waals surface area contributed by atoms with Gasteiger partial charge in [0.2, 0.25) is 0 Å². The van der Waals surface area contributed by atoms with E-state index in [1.165, 1.54) is 31.2 Å². The molecule has 2 heterocycles. The molecule has 3 heteroatoms. The van der Waals surface area contributed by atoms with Crippen molar-refractivity contribution in [3.63, 3.8) is 0 Å². The van der Waals surface area contributed by atoms with Crippen LogP contribution in [0.4, 0.5) is 10.2 Å². The van der Waals surface area contributed by atoms with Crippen LogP contribution in [0.5, 0.6) is 0 Å². The summed E-state index contributed by atoms with van der Waals surface area (Å²) in [6, 6.07) is 2.87. The molecule has 0 atom stereocenters. The molecule has 0 radical (unpaired) electrons. The van der Waals surface area contributed by atoms with Crippen molar-refractivity contribution in [3.8, 4) is 0 Å². The summed E-state index contributed by atoms with van der Waals surface area (Å²) in [5.41, 5.74) is 0. The highest BCUT2D eigenvalue weighted by Gasteiger charge is 2.13. The van der Waals surface area contributed by atoms with Gasteiger partial charge in [-0.3, -0.25) is 0 Å². The minimum Gasteiger partial charge on any atom is -0.357 e. The molecule has 1 aliphatic heterocycles. The lowest BCUT2D eigenvalue weighted by Crippen LogP contribution is -2.18. The van der Waals surface area contributed by atoms with Gasteiger partial charge in [-0.1, -0.05) is 0 Å². The van der Waals surface area contributed by atoms with Crippen LogP contribution < -0.4 is 4.90 Å². The van der Waals surface area contributed by atoms with Gasteiger partial charge in [0.1, 0.15) is 11.6 Å². The summed E-state index contributed by atoms with van der Waals surface area (Å²) < 4.78 is 12.8. The molecule has 2 nitrogen and oxygen atoms in total. The van der Waals surface area contributed by atoms with Gasteiger partial charge in [0.05, 0.1) is 0 Å². The van der Waals surface area contributed by atoms with Crippen molar-refractivity contribution in [2.45, 2.75) is 12.8 Å². The zero-order valence-corrected chi connectivity index (χ0v) is 6.83. The highest BCUT2D eigenvalue weighted by atomic mass is 19.1. The Morgan fingerprint density at radius 3 is 2.75 bits per heavy atom. The molecule has 1 aromatic rings. The van der Waals surface area contributed by atoms with E-state index >= 15 is 0 Å². The molecule has 0 aliphatic carbocycles. The number of halogens is 1. The highest BCUT2D eigenvalue weighted by Crippen LogP contribution is 2.17. The highest BCUT2D eigenvalue weighted by molar-refractivity contribution is 5.38. The Labute approximate surface area is 71.0 Å². The topological polar surface area (TPSA) is 16.1 Å². The van der Waals surface area contributed by atoms with Crippen LogP contribution >= 0.6 is 0 Å². The second-order valence-corrected chi connectivity index (χ2v) is 3.03. The minimum absolute atomic E-state index is 0.202. The number of hydrogen-bond acceptors (Lipinski definition) is 2. The molecular formula is C9H11FN2. The first-order chi connectivity index (χ1) is 5.86. The van der Waals surface area contributed by atoms with E-state index in [2.05, 4.69) is 9.88 Å². The summed E-state index contributed by atoms with van der Waals surface area (Å²) in [4.78, 5) is 6.22. The van der Waals surface area contributed by atoms with E-state index in [9.17, 15) is 4.39 Å². The molecule has 1 aromatic heterocycles. The maximum Gasteiger partial charge on any atom is 0.131 e. The third kappa shape index (κ3) is 1.40. The Kier molecular flexibility index (Phi) is 1.94. The van der Waals surface area contributed by atoms with E-state index in [0.29, 0.717) is 0 Å². The lowest BCUT2D eigenvalue weighted by atomic mass is 10.4. The normalized spacial score (nSPS) is 16.9. The fraction of sp³-hybridized carbons (Fsp3) is 0.444. The maximum absolute atomic E-state index is 12.8. The smallest absolute Gasteiger partial charge is 0.131 e. The fourth-order valence-corrected chi connectivity index (χ4v) is 1.51. The fourth-order valence-electron chi connectivity index (χ4n) is 1.51. The number of rotatable bonds is 1. The van der Waals surface area contributed by atoms with E-state index in [0.717, 1.165) is 18.9 Å². The molecule has 0 aromatic carbocycles. The molecule has 1 aliphatic rings. The zero-order chi connectivity index (χ0) is 8.39. The van der Waals surface area contributed by atoms with E-state index in [-0.39, 0.29) is 5.82 Å². The molecule has 1 fully saturated rings. The van der Waals surface area contributed by atoms with Crippen molar-refractivity contribution in [1.29, 1.82) is 0 Å². The van der Waals surface area contributed by atoms with Gasteiger partial charge in [0.15, 0.2) is 0 Å². The molecule has 2 rings (SSSR count). The van der Waals surface area contributed by atoms with Crippen LogP contribution in [0, 0.1) is 5.82 Å². The second-order valence-electron chi connectivity index (χ2n) is 3.03. The molecule has 0 bridgehead atoms. The van der Waals surface area contributed by atoms with Gasteiger partial charge in [-0.2, -0.15) is 0 Å². The van der Waals surface area contributed by atoms with Crippen LogP contribution in [0.25, 0.3) is 0 Å². The number of nitrogens with zero attached hydrogens (tertiary/aromatic N) is 2. The average molecular weight is 166 g/mol. The molecule has 0 spiro atoms. The molecule has 0 saturated carbocycles. The molecule has 64 valence electrons. The maximum atomic E-state index is 12.8. The van der Waals surface area contributed by atoms with Crippen LogP contribution in [0.15, 0.2) is 18.3 Å². The Balaban J connectivity index is 2.21. The molecule has 0 unspecified atom stereocenters. The molecule has 1 saturated heterocycles. The summed E-state index contributed by atoms with van der Waals surface area (Å²) in [6.45, 7) is 2.02. The SMILES string of the molecule is Fc1ccnc(N2CCCC2)c1. The van der Waals surface area contributed by atoms with Crippen molar-refractivity contribution in [2.24, 2.45) is 0 Å². The first-order valence-electron chi connectivity index (χ1n) is 4.23. The van der Waals surface area contributed by atoms with Crippen LogP contribution in [-0.2, 0) is 0 Å². The standard InChI is InChI=1S/C9H11FN2/c10-8-3-4-11-9(7-8)12-5-1-2-6-12/h3-4,7H,1-2,5-6H2. The van der Waals surface area contributed by atoms with Gasteiger partial charge in [-0.25, -0.2) is 9.37 Å². The lowest BCUT2D eigenvalue weighted by molar-refractivity contribution is 0.624. The van der Waals surface area contributed by atoms with E-state index in [1.54, 1.807) is 0 Å². The molecule has 0 N–H and O–H groups in total. The Morgan fingerprint density at radius 1 is 1.33 bits per heavy atom. The van der Waals surface area contributed by atoms with Gasteiger partial charge in [0, 0.05) is 25.4 Å². The summed E-state index contributed by atoms with van der Waals surface area (Å²) >= 11 is 0. The second kappa shape index (κ2) is 3.09. The van der Waals surface area contributed by atoms with Crippen LogP contribution in [0.3, 0.4) is 0 Å². The number of hydrogen-bond donors (Lipinski definition) is 0. The minimum atomic E-state index is -0.202. The van der Waals surface area contributed by atoms with Crippen molar-refractivity contribution in [2.75, 3.05) is 18.0 Å². The summed E-state index contributed by atoms with van der Waals surface area (Å²) in [5.74, 6) is 0.569. The Hall–Kier alpha value is -1.12. The van der Waals surface area contributed by atoms with Crippen LogP contribution in [-0.4, -0.2) is 18.1 Å². The Bertz CT molecular complexity index is 269. The number of anilines is 1. The third-order valence-electron chi connectivity index (χ3n) is 2.14. The molecular weight excluding hydrogens is 155 g/mol. The summed E-state index contributed by atoms with van der Waals surface area (Å²) in [6.07, 6.45) is 3.90. The average Bonchev–Trinajstić information content (AvgIpc) is 2.56. The van der Waals surface area contributed by atoms with E-state index < -0.39 is 0 Å². The predicted molar refractivity (Wildman–Crippen MR) is 45.6 cm³/mol. The first kappa shape index (κ1) is 7.53. The zero-order valence-electron chi connectivity index (χ0n) is 6.83. The number of aromatic nitrogens is 1. The van der Waals surface area contributed by atoms with Crippen molar-refractivity contribution in [3.05, 3.63) is 24.1 Å². The van der Waals surface area contributed by atoms with Gasteiger partial charge in [-0.15, -0.1) is 0 Å². The molecule has 12 heavy (non-hydrogen) atoms. The number of pyridine rings is 1. The van der Waals surface area contributed by atoms with Crippen molar-refractivity contribution < 1.29 is 4.39 Å².